The van der Waals surface area contributed by atoms with Crippen LogP contribution in [0.15, 0.2) is 35.1 Å². The SMILES string of the molecule is COC1(C(=O)Nc2c(C)n(C)n(-c3ccccc3)c2=O)CCNCC1.Cl. The van der Waals surface area contributed by atoms with Crippen molar-refractivity contribution >= 4 is 24.0 Å². The Hall–Kier alpha value is -2.09. The summed E-state index contributed by atoms with van der Waals surface area (Å²) in [5, 5.41) is 6.05. The number of hydrogen-bond acceptors (Lipinski definition) is 4. The van der Waals surface area contributed by atoms with Crippen molar-refractivity contribution in [2.24, 2.45) is 7.05 Å². The Kier molecular flexibility index (Phi) is 6.28. The normalized spacial score (nSPS) is 16.0. The first kappa shape index (κ1) is 20.2. The van der Waals surface area contributed by atoms with Gasteiger partial charge in [0.15, 0.2) is 0 Å². The quantitative estimate of drug-likeness (QED) is 0.844. The molecule has 142 valence electrons. The molecular weight excluding hydrogens is 356 g/mol. The first-order chi connectivity index (χ1) is 12.0. The number of aromatic nitrogens is 2. The molecule has 0 atom stereocenters. The summed E-state index contributed by atoms with van der Waals surface area (Å²) in [5.74, 6) is -0.262. The summed E-state index contributed by atoms with van der Waals surface area (Å²) in [6.07, 6.45) is 1.15. The lowest BCUT2D eigenvalue weighted by Crippen LogP contribution is -2.52. The molecule has 0 saturated carbocycles. The molecule has 0 aliphatic carbocycles. The monoisotopic (exact) mass is 380 g/mol. The van der Waals surface area contributed by atoms with Crippen molar-refractivity contribution < 1.29 is 9.53 Å². The van der Waals surface area contributed by atoms with Crippen molar-refractivity contribution in [1.29, 1.82) is 0 Å². The minimum Gasteiger partial charge on any atom is -0.368 e. The second-order valence-electron chi connectivity index (χ2n) is 6.34. The molecule has 7 nitrogen and oxygen atoms in total. The first-order valence-corrected chi connectivity index (χ1v) is 8.41. The maximum absolute atomic E-state index is 12.9. The van der Waals surface area contributed by atoms with Crippen LogP contribution in [0.5, 0.6) is 0 Å². The molecule has 0 unspecified atom stereocenters. The van der Waals surface area contributed by atoms with E-state index in [1.54, 1.807) is 23.5 Å². The van der Waals surface area contributed by atoms with Gasteiger partial charge in [0.1, 0.15) is 11.3 Å². The van der Waals surface area contributed by atoms with Crippen LogP contribution in [0, 0.1) is 6.92 Å². The van der Waals surface area contributed by atoms with Crippen molar-refractivity contribution in [2.45, 2.75) is 25.4 Å². The summed E-state index contributed by atoms with van der Waals surface area (Å²) in [6, 6.07) is 9.35. The maximum Gasteiger partial charge on any atom is 0.295 e. The summed E-state index contributed by atoms with van der Waals surface area (Å²) in [7, 11) is 3.35. The molecule has 26 heavy (non-hydrogen) atoms. The Morgan fingerprint density at radius 3 is 2.42 bits per heavy atom. The van der Waals surface area contributed by atoms with Crippen LogP contribution in [0.25, 0.3) is 5.69 Å². The fraction of sp³-hybridized carbons (Fsp3) is 0.444. The van der Waals surface area contributed by atoms with Gasteiger partial charge in [0.2, 0.25) is 0 Å². The standard InChI is InChI=1S/C18H24N4O3.ClH/c1-13-15(20-17(24)18(25-3)9-11-19-12-10-18)16(23)22(21(13)2)14-7-5-4-6-8-14;/h4-8,19H,9-12H2,1-3H3,(H,20,24);1H. The molecule has 2 N–H and O–H groups in total. The zero-order chi connectivity index (χ0) is 18.0. The number of hydrogen-bond donors (Lipinski definition) is 2. The number of halogens is 1. The highest BCUT2D eigenvalue weighted by Crippen LogP contribution is 2.25. The van der Waals surface area contributed by atoms with E-state index in [1.165, 1.54) is 0 Å². The van der Waals surface area contributed by atoms with Crippen molar-refractivity contribution in [3.63, 3.8) is 0 Å². The third-order valence-electron chi connectivity index (χ3n) is 5.01. The Balaban J connectivity index is 0.00000243. The number of carbonyl (C=O) groups is 1. The van der Waals surface area contributed by atoms with Crippen LogP contribution in [0.2, 0.25) is 0 Å². The summed E-state index contributed by atoms with van der Waals surface area (Å²) in [5.41, 5.74) is 0.604. The average molecular weight is 381 g/mol. The molecule has 2 aromatic rings. The van der Waals surface area contributed by atoms with Gasteiger partial charge in [-0.2, -0.15) is 0 Å². The van der Waals surface area contributed by atoms with Gasteiger partial charge in [-0.1, -0.05) is 18.2 Å². The Bertz CT molecular complexity index is 823. The van der Waals surface area contributed by atoms with E-state index in [1.807, 2.05) is 37.3 Å². The number of methoxy groups -OCH3 is 1. The zero-order valence-electron chi connectivity index (χ0n) is 15.2. The van der Waals surface area contributed by atoms with Gasteiger partial charge in [0, 0.05) is 14.2 Å². The van der Waals surface area contributed by atoms with Crippen molar-refractivity contribution in [2.75, 3.05) is 25.5 Å². The number of piperidine rings is 1. The van der Waals surface area contributed by atoms with Gasteiger partial charge in [-0.05, 0) is 45.0 Å². The van der Waals surface area contributed by atoms with E-state index in [-0.39, 0.29) is 23.9 Å². The number of anilines is 1. The minimum atomic E-state index is -0.891. The van der Waals surface area contributed by atoms with Gasteiger partial charge in [0.05, 0.1) is 11.4 Å². The number of nitrogens with one attached hydrogen (secondary N) is 2. The third kappa shape index (κ3) is 3.42. The third-order valence-corrected chi connectivity index (χ3v) is 5.01. The molecular formula is C18H25ClN4O3. The molecule has 0 radical (unpaired) electrons. The Morgan fingerprint density at radius 2 is 1.85 bits per heavy atom. The highest BCUT2D eigenvalue weighted by atomic mass is 35.5. The molecule has 0 bridgehead atoms. The van der Waals surface area contributed by atoms with E-state index in [0.29, 0.717) is 37.3 Å². The number of carbonyl (C=O) groups excluding carboxylic acids is 1. The minimum absolute atomic E-state index is 0. The number of rotatable bonds is 4. The van der Waals surface area contributed by atoms with Crippen LogP contribution in [-0.4, -0.2) is 41.1 Å². The summed E-state index contributed by atoms with van der Waals surface area (Å²) in [4.78, 5) is 25.8. The number of nitrogens with zero attached hydrogens (tertiary/aromatic N) is 2. The van der Waals surface area contributed by atoms with Gasteiger partial charge in [-0.3, -0.25) is 14.3 Å². The van der Waals surface area contributed by atoms with Gasteiger partial charge in [-0.15, -0.1) is 12.4 Å². The van der Waals surface area contributed by atoms with E-state index in [4.69, 9.17) is 4.74 Å². The van der Waals surface area contributed by atoms with E-state index < -0.39 is 5.60 Å². The fourth-order valence-corrected chi connectivity index (χ4v) is 3.29. The van der Waals surface area contributed by atoms with Crippen molar-refractivity contribution in [1.82, 2.24) is 14.7 Å². The van der Waals surface area contributed by atoms with E-state index in [9.17, 15) is 9.59 Å². The Morgan fingerprint density at radius 1 is 1.23 bits per heavy atom. The summed E-state index contributed by atoms with van der Waals surface area (Å²) >= 11 is 0. The lowest BCUT2D eigenvalue weighted by Gasteiger charge is -2.34. The molecule has 1 amide bonds. The van der Waals surface area contributed by atoms with Crippen LogP contribution < -0.4 is 16.2 Å². The molecule has 1 aliphatic heterocycles. The molecule has 1 aromatic heterocycles. The van der Waals surface area contributed by atoms with Gasteiger partial charge in [0.25, 0.3) is 11.5 Å². The molecule has 1 aromatic carbocycles. The topological polar surface area (TPSA) is 77.3 Å². The number of benzene rings is 1. The summed E-state index contributed by atoms with van der Waals surface area (Å²) in [6.45, 7) is 3.24. The van der Waals surface area contributed by atoms with Crippen LogP contribution in [0.3, 0.4) is 0 Å². The molecule has 1 saturated heterocycles. The average Bonchev–Trinajstić information content (AvgIpc) is 2.86. The molecule has 1 aliphatic rings. The van der Waals surface area contributed by atoms with Crippen LogP contribution >= 0.6 is 12.4 Å². The molecule has 2 heterocycles. The largest absolute Gasteiger partial charge is 0.368 e. The molecule has 3 rings (SSSR count). The van der Waals surface area contributed by atoms with Crippen LogP contribution in [0.1, 0.15) is 18.5 Å². The number of ether oxygens (including phenoxy) is 1. The number of para-hydroxylation sites is 1. The molecule has 0 spiro atoms. The van der Waals surface area contributed by atoms with Crippen molar-refractivity contribution in [3.8, 4) is 5.69 Å². The highest BCUT2D eigenvalue weighted by molar-refractivity contribution is 5.97. The van der Waals surface area contributed by atoms with E-state index >= 15 is 0 Å². The molecule has 1 fully saturated rings. The predicted molar refractivity (Wildman–Crippen MR) is 103 cm³/mol. The molecule has 8 heteroatoms. The second-order valence-corrected chi connectivity index (χ2v) is 6.34. The van der Waals surface area contributed by atoms with Gasteiger partial charge < -0.3 is 15.4 Å². The van der Waals surface area contributed by atoms with Gasteiger partial charge >= 0.3 is 0 Å². The van der Waals surface area contributed by atoms with Crippen molar-refractivity contribution in [3.05, 3.63) is 46.4 Å². The number of amides is 1. The predicted octanol–water partition coefficient (Wildman–Crippen LogP) is 1.61. The highest BCUT2D eigenvalue weighted by Gasteiger charge is 2.40. The second kappa shape index (κ2) is 8.07. The maximum atomic E-state index is 12.9. The van der Waals surface area contributed by atoms with E-state index in [0.717, 1.165) is 5.69 Å². The van der Waals surface area contributed by atoms with Gasteiger partial charge in [-0.25, -0.2) is 4.68 Å². The van der Waals surface area contributed by atoms with Crippen LogP contribution in [0.4, 0.5) is 5.69 Å². The Labute approximate surface area is 158 Å². The first-order valence-electron chi connectivity index (χ1n) is 8.41. The van der Waals surface area contributed by atoms with E-state index in [2.05, 4.69) is 10.6 Å². The fourth-order valence-electron chi connectivity index (χ4n) is 3.29. The summed E-state index contributed by atoms with van der Waals surface area (Å²) < 4.78 is 8.84. The zero-order valence-corrected chi connectivity index (χ0v) is 16.1. The smallest absolute Gasteiger partial charge is 0.295 e. The lowest BCUT2D eigenvalue weighted by molar-refractivity contribution is -0.140. The van der Waals surface area contributed by atoms with Crippen LogP contribution in [-0.2, 0) is 16.6 Å². The lowest BCUT2D eigenvalue weighted by atomic mass is 9.91.